The van der Waals surface area contributed by atoms with Crippen molar-refractivity contribution in [2.24, 2.45) is 0 Å². The maximum Gasteiger partial charge on any atom is 0.310 e. The first-order valence-corrected chi connectivity index (χ1v) is 10.1. The quantitative estimate of drug-likeness (QED) is 0.538. The second kappa shape index (κ2) is 8.56. The summed E-state index contributed by atoms with van der Waals surface area (Å²) in [7, 11) is 0. The van der Waals surface area contributed by atoms with Gasteiger partial charge in [0.1, 0.15) is 36.3 Å². The van der Waals surface area contributed by atoms with Gasteiger partial charge in [-0.3, -0.25) is 9.59 Å². The number of hydrogen-bond donors (Lipinski definition) is 2. The summed E-state index contributed by atoms with van der Waals surface area (Å²) in [5.41, 5.74) is 6.40. The number of ether oxygens (including phenoxy) is 3. The summed E-state index contributed by atoms with van der Waals surface area (Å²) in [6.45, 7) is 2.73. The van der Waals surface area contributed by atoms with Crippen LogP contribution in [-0.4, -0.2) is 56.6 Å². The van der Waals surface area contributed by atoms with E-state index in [1.54, 1.807) is 31.2 Å². The highest BCUT2D eigenvalue weighted by Crippen LogP contribution is 2.41. The van der Waals surface area contributed by atoms with Gasteiger partial charge in [0.25, 0.3) is 0 Å². The van der Waals surface area contributed by atoms with Crippen LogP contribution in [-0.2, 0) is 35.8 Å². The second-order valence-corrected chi connectivity index (χ2v) is 7.79. The number of anilines is 1. The smallest absolute Gasteiger partial charge is 0.310 e. The van der Waals surface area contributed by atoms with Gasteiger partial charge in [-0.05, 0) is 24.6 Å². The van der Waals surface area contributed by atoms with Crippen LogP contribution < -0.4 is 5.73 Å². The molecule has 0 unspecified atom stereocenters. The third-order valence-corrected chi connectivity index (χ3v) is 5.54. The van der Waals surface area contributed by atoms with Gasteiger partial charge in [0.05, 0.1) is 12.1 Å². The normalized spacial score (nSPS) is 25.0. The predicted molar refractivity (Wildman–Crippen MR) is 112 cm³/mol. The number of esters is 2. The third-order valence-electron chi connectivity index (χ3n) is 5.54. The van der Waals surface area contributed by atoms with E-state index < -0.39 is 35.9 Å². The van der Waals surface area contributed by atoms with Crippen LogP contribution in [0.5, 0.6) is 0 Å². The number of carbonyl (C=O) groups is 2. The first-order valence-electron chi connectivity index (χ1n) is 10.1. The second-order valence-electron chi connectivity index (χ2n) is 7.79. The molecular weight excluding hydrogens is 416 g/mol. The number of carbonyl (C=O) groups excluding carboxylic acids is 2. The lowest BCUT2D eigenvalue weighted by Crippen LogP contribution is -2.42. The molecule has 2 aromatic heterocycles. The van der Waals surface area contributed by atoms with Crippen LogP contribution in [0, 0.1) is 0 Å². The molecule has 0 aliphatic carbocycles. The third kappa shape index (κ3) is 4.02. The molecular formula is C22H24N4O6. The molecule has 0 bridgehead atoms. The van der Waals surface area contributed by atoms with E-state index in [1.165, 1.54) is 17.8 Å². The molecule has 10 nitrogen and oxygen atoms in total. The average Bonchev–Trinajstić information content (AvgIpc) is 3.30. The number of nitrogen functional groups attached to an aromatic ring is 1. The SMILES string of the molecule is CC(=O)OC[C@H]1O[C@@](C)(c2ccc3c(N)ncnn23)[C@H](O)[C@@H]1OC(=O)Cc1ccccc1. The number of hydrogen-bond acceptors (Lipinski definition) is 9. The Balaban J connectivity index is 1.62. The summed E-state index contributed by atoms with van der Waals surface area (Å²) in [4.78, 5) is 27.9. The number of aliphatic hydroxyl groups is 1. The number of aliphatic hydroxyl groups excluding tert-OH is 1. The van der Waals surface area contributed by atoms with Gasteiger partial charge >= 0.3 is 11.9 Å². The topological polar surface area (TPSA) is 138 Å². The van der Waals surface area contributed by atoms with E-state index in [4.69, 9.17) is 19.9 Å². The van der Waals surface area contributed by atoms with Gasteiger partial charge in [0.2, 0.25) is 0 Å². The maximum absolute atomic E-state index is 12.6. The van der Waals surface area contributed by atoms with E-state index in [2.05, 4.69) is 10.1 Å². The van der Waals surface area contributed by atoms with Crippen LogP contribution in [0.2, 0.25) is 0 Å². The van der Waals surface area contributed by atoms with Crippen molar-refractivity contribution in [2.45, 2.75) is 44.2 Å². The Kier molecular flexibility index (Phi) is 5.81. The van der Waals surface area contributed by atoms with Crippen LogP contribution in [0.1, 0.15) is 25.1 Å². The molecule has 0 amide bonds. The summed E-state index contributed by atoms with van der Waals surface area (Å²) in [5.74, 6) is -0.781. The molecule has 0 radical (unpaired) electrons. The molecule has 3 aromatic rings. The van der Waals surface area contributed by atoms with Crippen molar-refractivity contribution in [1.29, 1.82) is 0 Å². The van der Waals surface area contributed by atoms with Gasteiger partial charge < -0.3 is 25.1 Å². The van der Waals surface area contributed by atoms with Gasteiger partial charge in [0, 0.05) is 6.92 Å². The van der Waals surface area contributed by atoms with Gasteiger partial charge in [-0.25, -0.2) is 9.50 Å². The van der Waals surface area contributed by atoms with E-state index in [0.29, 0.717) is 11.2 Å². The Hall–Kier alpha value is -3.50. The Morgan fingerprint density at radius 2 is 2.00 bits per heavy atom. The summed E-state index contributed by atoms with van der Waals surface area (Å²) in [6, 6.07) is 12.5. The number of fused-ring (bicyclic) bond motifs is 1. The largest absolute Gasteiger partial charge is 0.463 e. The fraction of sp³-hybridized carbons (Fsp3) is 0.364. The number of nitrogens with two attached hydrogens (primary N) is 1. The zero-order valence-corrected chi connectivity index (χ0v) is 17.7. The molecule has 1 saturated heterocycles. The molecule has 10 heteroatoms. The maximum atomic E-state index is 12.6. The first kappa shape index (κ1) is 21.7. The van der Waals surface area contributed by atoms with Crippen molar-refractivity contribution in [2.75, 3.05) is 12.3 Å². The first-order chi connectivity index (χ1) is 15.3. The van der Waals surface area contributed by atoms with Crippen LogP contribution in [0.15, 0.2) is 48.8 Å². The highest BCUT2D eigenvalue weighted by molar-refractivity contribution is 5.73. The molecule has 1 aliphatic rings. The van der Waals surface area contributed by atoms with Crippen molar-refractivity contribution in [1.82, 2.24) is 14.6 Å². The minimum atomic E-state index is -1.32. The summed E-state index contributed by atoms with van der Waals surface area (Å²) < 4.78 is 18.4. The Morgan fingerprint density at radius 1 is 1.25 bits per heavy atom. The van der Waals surface area contributed by atoms with E-state index in [1.807, 2.05) is 18.2 Å². The van der Waals surface area contributed by atoms with Crippen LogP contribution in [0.3, 0.4) is 0 Å². The van der Waals surface area contributed by atoms with Gasteiger partial charge in [-0.2, -0.15) is 5.10 Å². The van der Waals surface area contributed by atoms with Gasteiger partial charge in [-0.15, -0.1) is 0 Å². The minimum absolute atomic E-state index is 0.0267. The van der Waals surface area contributed by atoms with E-state index in [9.17, 15) is 14.7 Å². The fourth-order valence-electron chi connectivity index (χ4n) is 3.93. The van der Waals surface area contributed by atoms with Gasteiger partial charge in [-0.1, -0.05) is 30.3 Å². The summed E-state index contributed by atoms with van der Waals surface area (Å²) in [5, 5.41) is 15.4. The van der Waals surface area contributed by atoms with Crippen LogP contribution in [0.25, 0.3) is 5.52 Å². The monoisotopic (exact) mass is 440 g/mol. The number of nitrogens with zero attached hydrogens (tertiary/aromatic N) is 3. The summed E-state index contributed by atoms with van der Waals surface area (Å²) in [6.07, 6.45) is -1.90. The lowest BCUT2D eigenvalue weighted by molar-refractivity contribution is -0.159. The predicted octanol–water partition coefficient (Wildman–Crippen LogP) is 1.00. The van der Waals surface area contributed by atoms with Crippen LogP contribution in [0.4, 0.5) is 5.82 Å². The summed E-state index contributed by atoms with van der Waals surface area (Å²) >= 11 is 0. The molecule has 3 heterocycles. The molecule has 1 aromatic carbocycles. The number of rotatable bonds is 6. The van der Waals surface area contributed by atoms with Crippen molar-refractivity contribution in [3.63, 3.8) is 0 Å². The number of benzene rings is 1. The lowest BCUT2D eigenvalue weighted by Gasteiger charge is -2.27. The molecule has 168 valence electrons. The van der Waals surface area contributed by atoms with Crippen LogP contribution >= 0.6 is 0 Å². The van der Waals surface area contributed by atoms with Crippen molar-refractivity contribution < 1.29 is 28.9 Å². The molecule has 3 N–H and O–H groups in total. The molecule has 1 aliphatic heterocycles. The lowest BCUT2D eigenvalue weighted by atomic mass is 9.93. The molecule has 4 rings (SSSR count). The Morgan fingerprint density at radius 3 is 2.72 bits per heavy atom. The van der Waals surface area contributed by atoms with Crippen molar-refractivity contribution in [3.8, 4) is 0 Å². The minimum Gasteiger partial charge on any atom is -0.463 e. The Labute approximate surface area is 183 Å². The molecule has 1 fully saturated rings. The van der Waals surface area contributed by atoms with Gasteiger partial charge in [0.15, 0.2) is 11.9 Å². The van der Waals surface area contributed by atoms with Crippen molar-refractivity contribution >= 4 is 23.3 Å². The average molecular weight is 440 g/mol. The Bertz CT molecular complexity index is 1130. The molecule has 32 heavy (non-hydrogen) atoms. The number of aromatic nitrogens is 3. The van der Waals surface area contributed by atoms with Crippen molar-refractivity contribution in [3.05, 3.63) is 60.0 Å². The van der Waals surface area contributed by atoms with E-state index in [-0.39, 0.29) is 18.8 Å². The highest BCUT2D eigenvalue weighted by Gasteiger charge is 2.56. The molecule has 4 atom stereocenters. The zero-order valence-electron chi connectivity index (χ0n) is 17.7. The highest BCUT2D eigenvalue weighted by atomic mass is 16.6. The zero-order chi connectivity index (χ0) is 22.9. The fourth-order valence-corrected chi connectivity index (χ4v) is 3.93. The van der Waals surface area contributed by atoms with E-state index in [0.717, 1.165) is 5.56 Å². The molecule has 0 saturated carbocycles. The van der Waals surface area contributed by atoms with E-state index >= 15 is 0 Å². The molecule has 0 spiro atoms. The standard InChI is InChI=1S/C22H24N4O6/c1-13(27)30-11-16-19(31-18(28)10-14-6-4-3-5-7-14)20(29)22(2,32-16)17-9-8-15-21(23)24-12-25-26(15)17/h3-9,12,16,19-20,29H,10-11H2,1-2H3,(H2,23,24,25)/t16-,19-,20-,22+/m1/s1.